The second-order valence-electron chi connectivity index (χ2n) is 8.05. The number of esters is 1. The number of benzene rings is 2. The van der Waals surface area contributed by atoms with Gasteiger partial charge in [-0.3, -0.25) is 9.36 Å². The third kappa shape index (κ3) is 4.41. The van der Waals surface area contributed by atoms with Gasteiger partial charge in [-0.15, -0.1) is 0 Å². The quantitative estimate of drug-likeness (QED) is 0.509. The molecule has 1 atom stereocenters. The van der Waals surface area contributed by atoms with Crippen LogP contribution in [-0.2, 0) is 9.53 Å². The smallest absolute Gasteiger partial charge is 0.338 e. The van der Waals surface area contributed by atoms with Crippen LogP contribution in [0.5, 0.6) is 11.5 Å². The fourth-order valence-electron chi connectivity index (χ4n) is 3.89. The Kier molecular flexibility index (Phi) is 6.70. The molecule has 0 unspecified atom stereocenters. The molecular formula is C26H26N2O5S. The lowest BCUT2D eigenvalue weighted by Crippen LogP contribution is -2.40. The second-order valence-corrected chi connectivity index (χ2v) is 9.06. The topological polar surface area (TPSA) is 79.1 Å². The van der Waals surface area contributed by atoms with Crippen LogP contribution in [0.3, 0.4) is 0 Å². The Morgan fingerprint density at radius 3 is 2.44 bits per heavy atom. The first kappa shape index (κ1) is 23.5. The molecule has 0 saturated heterocycles. The normalized spacial score (nSPS) is 15.7. The number of para-hydroxylation sites is 1. The molecule has 4 rings (SSSR count). The van der Waals surface area contributed by atoms with Crippen molar-refractivity contribution in [2.45, 2.75) is 32.9 Å². The zero-order valence-corrected chi connectivity index (χ0v) is 20.5. The van der Waals surface area contributed by atoms with Crippen LogP contribution < -0.4 is 24.4 Å². The van der Waals surface area contributed by atoms with E-state index in [4.69, 9.17) is 14.2 Å². The van der Waals surface area contributed by atoms with Gasteiger partial charge in [0.2, 0.25) is 0 Å². The number of allylic oxidation sites excluding steroid dienone is 1. The number of hydrogen-bond acceptors (Lipinski definition) is 7. The Bertz CT molecular complexity index is 1430. The van der Waals surface area contributed by atoms with Crippen molar-refractivity contribution in [3.63, 3.8) is 0 Å². The highest BCUT2D eigenvalue weighted by molar-refractivity contribution is 7.07. The van der Waals surface area contributed by atoms with Crippen LogP contribution in [0.1, 0.15) is 37.9 Å². The summed E-state index contributed by atoms with van der Waals surface area (Å²) in [6.45, 7) is 5.35. The lowest BCUT2D eigenvalue weighted by atomic mass is 9.96. The average Bonchev–Trinajstić information content (AvgIpc) is 3.12. The van der Waals surface area contributed by atoms with Gasteiger partial charge >= 0.3 is 5.97 Å². The van der Waals surface area contributed by atoms with Gasteiger partial charge < -0.3 is 14.2 Å². The molecule has 0 bridgehead atoms. The van der Waals surface area contributed by atoms with Crippen molar-refractivity contribution in [1.29, 1.82) is 0 Å². The summed E-state index contributed by atoms with van der Waals surface area (Å²) in [6.07, 6.45) is 1.48. The Labute approximate surface area is 201 Å². The standard InChI is InChI=1S/C26H26N2O5S/c1-15(2)33-25(30)22-16(3)27-26-28(23(22)17-10-12-19(31-4)13-11-17)24(29)21(34-26)14-18-8-6-7-9-20(18)32-5/h6-15,23H,1-5H3/b21-14-/t23-/m0/s1. The zero-order valence-electron chi connectivity index (χ0n) is 19.7. The van der Waals surface area contributed by atoms with E-state index >= 15 is 0 Å². The number of carbonyl (C=O) groups excluding carboxylic acids is 1. The van der Waals surface area contributed by atoms with E-state index in [2.05, 4.69) is 4.99 Å². The van der Waals surface area contributed by atoms with Crippen molar-refractivity contribution in [3.05, 3.63) is 90.6 Å². The molecule has 0 saturated carbocycles. The van der Waals surface area contributed by atoms with Crippen LogP contribution in [0.15, 0.2) is 69.6 Å². The van der Waals surface area contributed by atoms with Crippen molar-refractivity contribution < 1.29 is 19.0 Å². The fourth-order valence-corrected chi connectivity index (χ4v) is 4.93. The minimum absolute atomic E-state index is 0.238. The van der Waals surface area contributed by atoms with Crippen LogP contribution in [0.4, 0.5) is 0 Å². The number of aromatic nitrogens is 1. The van der Waals surface area contributed by atoms with Crippen molar-refractivity contribution >= 4 is 23.4 Å². The van der Waals surface area contributed by atoms with Gasteiger partial charge in [-0.25, -0.2) is 9.79 Å². The summed E-state index contributed by atoms with van der Waals surface area (Å²) in [5.74, 6) is 0.854. The van der Waals surface area contributed by atoms with E-state index in [1.165, 1.54) is 11.3 Å². The predicted molar refractivity (Wildman–Crippen MR) is 131 cm³/mol. The Hall–Kier alpha value is -3.65. The number of hydrogen-bond donors (Lipinski definition) is 0. The number of fused-ring (bicyclic) bond motifs is 1. The zero-order chi connectivity index (χ0) is 24.4. The van der Waals surface area contributed by atoms with E-state index in [0.29, 0.717) is 32.1 Å². The Balaban J connectivity index is 1.95. The average molecular weight is 479 g/mol. The van der Waals surface area contributed by atoms with E-state index in [1.807, 2.05) is 36.4 Å². The van der Waals surface area contributed by atoms with Crippen LogP contribution in [0.2, 0.25) is 0 Å². The molecule has 0 N–H and O–H groups in total. The minimum atomic E-state index is -0.673. The molecule has 0 fully saturated rings. The van der Waals surface area contributed by atoms with Gasteiger partial charge in [0.05, 0.1) is 42.2 Å². The highest BCUT2D eigenvalue weighted by Crippen LogP contribution is 2.32. The molecule has 34 heavy (non-hydrogen) atoms. The number of ether oxygens (including phenoxy) is 3. The summed E-state index contributed by atoms with van der Waals surface area (Å²) in [5, 5.41) is 0. The summed E-state index contributed by atoms with van der Waals surface area (Å²) in [6, 6.07) is 14.1. The van der Waals surface area contributed by atoms with Gasteiger partial charge in [-0.1, -0.05) is 41.7 Å². The summed E-state index contributed by atoms with van der Waals surface area (Å²) >= 11 is 1.28. The highest BCUT2D eigenvalue weighted by atomic mass is 32.1. The van der Waals surface area contributed by atoms with Crippen molar-refractivity contribution in [3.8, 4) is 11.5 Å². The number of rotatable bonds is 6. The monoisotopic (exact) mass is 478 g/mol. The maximum absolute atomic E-state index is 13.7. The molecule has 3 aromatic rings. The maximum Gasteiger partial charge on any atom is 0.338 e. The molecule has 0 aliphatic carbocycles. The van der Waals surface area contributed by atoms with Gasteiger partial charge in [-0.05, 0) is 50.6 Å². The number of carbonyl (C=O) groups is 1. The van der Waals surface area contributed by atoms with E-state index in [-0.39, 0.29) is 11.7 Å². The van der Waals surface area contributed by atoms with Crippen molar-refractivity contribution in [1.82, 2.24) is 4.57 Å². The number of methoxy groups -OCH3 is 2. The molecule has 0 spiro atoms. The maximum atomic E-state index is 13.7. The third-order valence-electron chi connectivity index (χ3n) is 5.44. The first-order chi connectivity index (χ1) is 16.3. The first-order valence-electron chi connectivity index (χ1n) is 10.8. The van der Waals surface area contributed by atoms with Crippen LogP contribution in [0.25, 0.3) is 6.08 Å². The Morgan fingerprint density at radius 1 is 1.09 bits per heavy atom. The lowest BCUT2D eigenvalue weighted by molar-refractivity contribution is -0.143. The van der Waals surface area contributed by atoms with Gasteiger partial charge in [-0.2, -0.15) is 0 Å². The first-order valence-corrected chi connectivity index (χ1v) is 11.7. The lowest BCUT2D eigenvalue weighted by Gasteiger charge is -2.25. The summed E-state index contributed by atoms with van der Waals surface area (Å²) in [4.78, 5) is 31.9. The molecule has 1 aliphatic heterocycles. The molecule has 0 amide bonds. The highest BCUT2D eigenvalue weighted by Gasteiger charge is 2.33. The molecule has 1 aliphatic rings. The van der Waals surface area contributed by atoms with Crippen molar-refractivity contribution in [2.75, 3.05) is 14.2 Å². The summed E-state index contributed by atoms with van der Waals surface area (Å²) < 4.78 is 18.3. The Morgan fingerprint density at radius 2 is 1.79 bits per heavy atom. The van der Waals surface area contributed by atoms with Crippen LogP contribution in [-0.4, -0.2) is 30.9 Å². The molecule has 7 nitrogen and oxygen atoms in total. The number of nitrogens with zero attached hydrogens (tertiary/aromatic N) is 2. The molecular weight excluding hydrogens is 452 g/mol. The molecule has 0 radical (unpaired) electrons. The van der Waals surface area contributed by atoms with E-state index in [1.54, 1.807) is 57.8 Å². The van der Waals surface area contributed by atoms with Gasteiger partial charge in [0.15, 0.2) is 4.80 Å². The molecule has 176 valence electrons. The van der Waals surface area contributed by atoms with E-state index < -0.39 is 12.0 Å². The number of thiazole rings is 1. The van der Waals surface area contributed by atoms with Gasteiger partial charge in [0.1, 0.15) is 11.5 Å². The molecule has 1 aromatic heterocycles. The fraction of sp³-hybridized carbons (Fsp3) is 0.269. The summed E-state index contributed by atoms with van der Waals surface area (Å²) in [7, 11) is 3.18. The van der Waals surface area contributed by atoms with Crippen LogP contribution >= 0.6 is 11.3 Å². The van der Waals surface area contributed by atoms with Crippen molar-refractivity contribution in [2.24, 2.45) is 4.99 Å². The third-order valence-corrected chi connectivity index (χ3v) is 6.42. The van der Waals surface area contributed by atoms with Crippen LogP contribution in [0, 0.1) is 0 Å². The SMILES string of the molecule is COc1ccc([C@H]2C(C(=O)OC(C)C)=C(C)N=c3s/c(=C\c4ccccc4OC)c(=O)n32)cc1. The van der Waals surface area contributed by atoms with Gasteiger partial charge in [0, 0.05) is 5.56 Å². The van der Waals surface area contributed by atoms with E-state index in [9.17, 15) is 9.59 Å². The summed E-state index contributed by atoms with van der Waals surface area (Å²) in [5.41, 5.74) is 2.17. The molecule has 2 aromatic carbocycles. The molecule has 8 heteroatoms. The van der Waals surface area contributed by atoms with Gasteiger partial charge in [0.25, 0.3) is 5.56 Å². The second kappa shape index (κ2) is 9.69. The molecule has 2 heterocycles. The van der Waals surface area contributed by atoms with E-state index in [0.717, 1.165) is 11.1 Å². The predicted octanol–water partition coefficient (Wildman–Crippen LogP) is 3.20. The minimum Gasteiger partial charge on any atom is -0.497 e. The largest absolute Gasteiger partial charge is 0.497 e.